The van der Waals surface area contributed by atoms with Crippen molar-refractivity contribution in [1.29, 1.82) is 0 Å². The number of nitrogens with zero attached hydrogens (tertiary/aromatic N) is 1. The first-order chi connectivity index (χ1) is 6.06. The van der Waals surface area contributed by atoms with Crippen LogP contribution in [0.1, 0.15) is 27.7 Å². The molecule has 1 aliphatic heterocycles. The standard InChI is InChI=1S/C11H24N2/c1-8(2)13-6-9(3)11(12-5)10(4)7-13/h8-12H,6-7H2,1-5H3/t9-,10?,11?/m0/s1. The van der Waals surface area contributed by atoms with E-state index in [1.54, 1.807) is 0 Å². The lowest BCUT2D eigenvalue weighted by atomic mass is 9.85. The summed E-state index contributed by atoms with van der Waals surface area (Å²) in [6.45, 7) is 11.8. The van der Waals surface area contributed by atoms with Crippen LogP contribution in [0.4, 0.5) is 0 Å². The summed E-state index contributed by atoms with van der Waals surface area (Å²) < 4.78 is 0. The van der Waals surface area contributed by atoms with E-state index in [9.17, 15) is 0 Å². The number of rotatable bonds is 2. The van der Waals surface area contributed by atoms with Crippen molar-refractivity contribution in [2.24, 2.45) is 11.8 Å². The van der Waals surface area contributed by atoms with Gasteiger partial charge in [0.15, 0.2) is 0 Å². The third-order valence-corrected chi connectivity index (χ3v) is 3.33. The van der Waals surface area contributed by atoms with Crippen molar-refractivity contribution < 1.29 is 0 Å². The summed E-state index contributed by atoms with van der Waals surface area (Å²) >= 11 is 0. The maximum Gasteiger partial charge on any atom is 0.0140 e. The Labute approximate surface area is 82.7 Å². The molecule has 1 fully saturated rings. The second-order valence-corrected chi connectivity index (χ2v) is 4.82. The molecule has 1 N–H and O–H groups in total. The molecule has 2 unspecified atom stereocenters. The van der Waals surface area contributed by atoms with Gasteiger partial charge in [0.1, 0.15) is 0 Å². The molecule has 0 spiro atoms. The fourth-order valence-corrected chi connectivity index (χ4v) is 2.59. The Morgan fingerprint density at radius 2 is 1.62 bits per heavy atom. The average Bonchev–Trinajstić information content (AvgIpc) is 2.03. The summed E-state index contributed by atoms with van der Waals surface area (Å²) in [4.78, 5) is 2.59. The van der Waals surface area contributed by atoms with Crippen LogP contribution < -0.4 is 5.32 Å². The predicted octanol–water partition coefficient (Wildman–Crippen LogP) is 1.57. The monoisotopic (exact) mass is 184 g/mol. The summed E-state index contributed by atoms with van der Waals surface area (Å²) in [7, 11) is 2.09. The van der Waals surface area contributed by atoms with Gasteiger partial charge in [0.05, 0.1) is 0 Å². The highest BCUT2D eigenvalue weighted by Gasteiger charge is 2.31. The molecule has 0 aromatic heterocycles. The molecule has 2 heteroatoms. The second kappa shape index (κ2) is 4.43. The van der Waals surface area contributed by atoms with E-state index in [4.69, 9.17) is 0 Å². The van der Waals surface area contributed by atoms with E-state index in [-0.39, 0.29) is 0 Å². The minimum absolute atomic E-state index is 0.697. The van der Waals surface area contributed by atoms with E-state index in [1.807, 2.05) is 0 Å². The van der Waals surface area contributed by atoms with Crippen molar-refractivity contribution in [2.45, 2.75) is 39.8 Å². The van der Waals surface area contributed by atoms with Gasteiger partial charge in [-0.2, -0.15) is 0 Å². The Kier molecular flexibility index (Phi) is 3.74. The summed E-state index contributed by atoms with van der Waals surface area (Å²) in [5.41, 5.74) is 0. The molecule has 0 aliphatic carbocycles. The zero-order valence-electron chi connectivity index (χ0n) is 9.67. The first kappa shape index (κ1) is 11.0. The van der Waals surface area contributed by atoms with Gasteiger partial charge in [-0.3, -0.25) is 0 Å². The van der Waals surface area contributed by atoms with Crippen molar-refractivity contribution in [3.05, 3.63) is 0 Å². The maximum atomic E-state index is 3.44. The highest BCUT2D eigenvalue weighted by atomic mass is 15.2. The van der Waals surface area contributed by atoms with Crippen LogP contribution in [0.25, 0.3) is 0 Å². The van der Waals surface area contributed by atoms with Gasteiger partial charge in [0.25, 0.3) is 0 Å². The average molecular weight is 184 g/mol. The van der Waals surface area contributed by atoms with Gasteiger partial charge in [0.2, 0.25) is 0 Å². The van der Waals surface area contributed by atoms with Gasteiger partial charge in [-0.05, 0) is 32.7 Å². The highest BCUT2D eigenvalue weighted by molar-refractivity contribution is 4.87. The Hall–Kier alpha value is -0.0800. The zero-order chi connectivity index (χ0) is 10.0. The third-order valence-electron chi connectivity index (χ3n) is 3.33. The van der Waals surface area contributed by atoms with E-state index in [2.05, 4.69) is 45.0 Å². The van der Waals surface area contributed by atoms with Crippen molar-refractivity contribution in [1.82, 2.24) is 10.2 Å². The van der Waals surface area contributed by atoms with Crippen LogP contribution in [-0.2, 0) is 0 Å². The fourth-order valence-electron chi connectivity index (χ4n) is 2.59. The summed E-state index contributed by atoms with van der Waals surface area (Å²) in [5, 5.41) is 3.44. The Balaban J connectivity index is 2.56. The predicted molar refractivity (Wildman–Crippen MR) is 57.9 cm³/mol. The van der Waals surface area contributed by atoms with Gasteiger partial charge >= 0.3 is 0 Å². The minimum atomic E-state index is 0.697. The quantitative estimate of drug-likeness (QED) is 0.701. The van der Waals surface area contributed by atoms with Gasteiger partial charge in [0, 0.05) is 25.2 Å². The fraction of sp³-hybridized carbons (Fsp3) is 1.00. The van der Waals surface area contributed by atoms with E-state index >= 15 is 0 Å². The molecule has 0 aromatic carbocycles. The number of piperidine rings is 1. The Morgan fingerprint density at radius 3 is 1.92 bits per heavy atom. The minimum Gasteiger partial charge on any atom is -0.316 e. The lowest BCUT2D eigenvalue weighted by Crippen LogP contribution is -2.54. The number of hydrogen-bond acceptors (Lipinski definition) is 2. The Morgan fingerprint density at radius 1 is 1.15 bits per heavy atom. The number of hydrogen-bond donors (Lipinski definition) is 1. The van der Waals surface area contributed by atoms with E-state index in [1.165, 1.54) is 13.1 Å². The lowest BCUT2D eigenvalue weighted by molar-refractivity contribution is 0.0802. The van der Waals surface area contributed by atoms with Crippen LogP contribution in [0.5, 0.6) is 0 Å². The zero-order valence-corrected chi connectivity index (χ0v) is 9.67. The molecular formula is C11H24N2. The van der Waals surface area contributed by atoms with E-state index < -0.39 is 0 Å². The molecule has 1 heterocycles. The molecule has 78 valence electrons. The molecule has 0 amide bonds. The van der Waals surface area contributed by atoms with Crippen molar-refractivity contribution in [3.63, 3.8) is 0 Å². The summed E-state index contributed by atoms with van der Waals surface area (Å²) in [5.74, 6) is 1.55. The normalized spacial score (nSPS) is 36.9. The summed E-state index contributed by atoms with van der Waals surface area (Å²) in [6.07, 6.45) is 0. The molecule has 1 saturated heterocycles. The highest BCUT2D eigenvalue weighted by Crippen LogP contribution is 2.22. The van der Waals surface area contributed by atoms with Gasteiger partial charge in [-0.25, -0.2) is 0 Å². The van der Waals surface area contributed by atoms with Crippen molar-refractivity contribution >= 4 is 0 Å². The molecule has 2 nitrogen and oxygen atoms in total. The van der Waals surface area contributed by atoms with Crippen LogP contribution in [0, 0.1) is 11.8 Å². The molecule has 3 atom stereocenters. The van der Waals surface area contributed by atoms with E-state index in [0.717, 1.165) is 11.8 Å². The Bertz CT molecular complexity index is 144. The topological polar surface area (TPSA) is 15.3 Å². The third kappa shape index (κ3) is 2.44. The van der Waals surface area contributed by atoms with E-state index in [0.29, 0.717) is 12.1 Å². The van der Waals surface area contributed by atoms with Crippen LogP contribution in [0.2, 0.25) is 0 Å². The second-order valence-electron chi connectivity index (χ2n) is 4.82. The first-order valence-electron chi connectivity index (χ1n) is 5.47. The van der Waals surface area contributed by atoms with Crippen molar-refractivity contribution in [3.8, 4) is 0 Å². The van der Waals surface area contributed by atoms with Crippen LogP contribution in [0.15, 0.2) is 0 Å². The van der Waals surface area contributed by atoms with Gasteiger partial charge in [-0.1, -0.05) is 13.8 Å². The molecule has 0 saturated carbocycles. The molecule has 0 radical (unpaired) electrons. The molecule has 0 aromatic rings. The first-order valence-corrected chi connectivity index (χ1v) is 5.47. The largest absolute Gasteiger partial charge is 0.316 e. The van der Waals surface area contributed by atoms with Gasteiger partial charge < -0.3 is 10.2 Å². The number of nitrogens with one attached hydrogen (secondary N) is 1. The van der Waals surface area contributed by atoms with Crippen LogP contribution >= 0.6 is 0 Å². The molecule has 1 rings (SSSR count). The molecule has 13 heavy (non-hydrogen) atoms. The molecule has 0 bridgehead atoms. The molecular weight excluding hydrogens is 160 g/mol. The summed E-state index contributed by atoms with van der Waals surface area (Å²) in [6, 6.07) is 1.40. The van der Waals surface area contributed by atoms with Crippen LogP contribution in [0.3, 0.4) is 0 Å². The van der Waals surface area contributed by atoms with Crippen LogP contribution in [-0.4, -0.2) is 37.1 Å². The molecule has 1 aliphatic rings. The maximum absolute atomic E-state index is 3.44. The van der Waals surface area contributed by atoms with Gasteiger partial charge in [-0.15, -0.1) is 0 Å². The smallest absolute Gasteiger partial charge is 0.0140 e. The lowest BCUT2D eigenvalue weighted by Gasteiger charge is -2.43. The SMILES string of the molecule is CNC1C(C)CN(C(C)C)C[C@@H]1C. The number of likely N-dealkylation sites (tertiary alicyclic amines) is 1. The van der Waals surface area contributed by atoms with Crippen molar-refractivity contribution in [2.75, 3.05) is 20.1 Å².